The van der Waals surface area contributed by atoms with E-state index in [-0.39, 0.29) is 31.0 Å². The van der Waals surface area contributed by atoms with Crippen LogP contribution in [0.1, 0.15) is 66.9 Å². The Kier molecular flexibility index (Phi) is 11.0. The number of benzene rings is 2. The number of rotatable bonds is 15. The lowest BCUT2D eigenvalue weighted by Gasteiger charge is -2.23. The van der Waals surface area contributed by atoms with Crippen LogP contribution in [0.15, 0.2) is 67.0 Å². The average molecular weight is 505 g/mol. The summed E-state index contributed by atoms with van der Waals surface area (Å²) in [7, 11) is 0. The molecule has 2 aromatic carbocycles. The van der Waals surface area contributed by atoms with E-state index < -0.39 is 24.0 Å². The van der Waals surface area contributed by atoms with Crippen LogP contribution in [-0.2, 0) is 22.4 Å². The fourth-order valence-corrected chi connectivity index (χ4v) is 4.08. The SMILES string of the molecule is CCCCCCc1ccc(C(=O)CCC(=O)N[C@@H](Cc2ccccc2)[C@@H](O)C(=O)Nc2ncc[nH]2)cc1. The number of hydrogen-bond donors (Lipinski definition) is 4. The minimum atomic E-state index is -1.52. The normalized spacial score (nSPS) is 12.5. The van der Waals surface area contributed by atoms with Crippen LogP contribution < -0.4 is 10.6 Å². The molecule has 0 saturated carbocycles. The first-order chi connectivity index (χ1) is 18.0. The number of ketones is 1. The van der Waals surface area contributed by atoms with Crippen molar-refractivity contribution in [2.75, 3.05) is 5.32 Å². The minimum Gasteiger partial charge on any atom is -0.381 e. The Labute approximate surface area is 217 Å². The molecule has 0 spiro atoms. The van der Waals surface area contributed by atoms with Crippen molar-refractivity contribution in [3.8, 4) is 0 Å². The fraction of sp³-hybridized carbons (Fsp3) is 0.379. The zero-order chi connectivity index (χ0) is 26.5. The average Bonchev–Trinajstić information content (AvgIpc) is 3.43. The van der Waals surface area contributed by atoms with E-state index in [0.29, 0.717) is 5.56 Å². The molecular formula is C29H36N4O4. The number of anilines is 1. The number of carbonyl (C=O) groups excluding carboxylic acids is 3. The number of aromatic nitrogens is 2. The van der Waals surface area contributed by atoms with E-state index in [4.69, 9.17) is 0 Å². The van der Waals surface area contributed by atoms with Crippen molar-refractivity contribution >= 4 is 23.5 Å². The van der Waals surface area contributed by atoms with Gasteiger partial charge in [-0.2, -0.15) is 0 Å². The molecule has 4 N–H and O–H groups in total. The van der Waals surface area contributed by atoms with Crippen molar-refractivity contribution in [2.24, 2.45) is 0 Å². The summed E-state index contributed by atoms with van der Waals surface area (Å²) in [5, 5.41) is 16.0. The number of aliphatic hydroxyl groups is 1. The van der Waals surface area contributed by atoms with Crippen molar-refractivity contribution in [3.05, 3.63) is 83.7 Å². The number of carbonyl (C=O) groups is 3. The summed E-state index contributed by atoms with van der Waals surface area (Å²) in [6.07, 6.45) is 7.50. The number of H-pyrrole nitrogens is 1. The van der Waals surface area contributed by atoms with Gasteiger partial charge in [0.25, 0.3) is 5.91 Å². The third-order valence-corrected chi connectivity index (χ3v) is 6.21. The fourth-order valence-electron chi connectivity index (χ4n) is 4.08. The third-order valence-electron chi connectivity index (χ3n) is 6.21. The maximum absolute atomic E-state index is 12.7. The Morgan fingerprint density at radius 1 is 0.946 bits per heavy atom. The molecule has 3 aromatic rings. The van der Waals surface area contributed by atoms with Crippen LogP contribution in [0.3, 0.4) is 0 Å². The monoisotopic (exact) mass is 504 g/mol. The third kappa shape index (κ3) is 9.31. The highest BCUT2D eigenvalue weighted by Gasteiger charge is 2.28. The quantitative estimate of drug-likeness (QED) is 0.182. The molecule has 0 unspecified atom stereocenters. The Bertz CT molecular complexity index is 1110. The van der Waals surface area contributed by atoms with E-state index in [0.717, 1.165) is 18.4 Å². The van der Waals surface area contributed by atoms with E-state index in [2.05, 4.69) is 27.5 Å². The van der Waals surface area contributed by atoms with Crippen LogP contribution in [0.5, 0.6) is 0 Å². The second kappa shape index (κ2) is 14.7. The molecule has 0 fully saturated rings. The molecule has 2 amide bonds. The molecule has 0 aliphatic carbocycles. The number of nitrogens with one attached hydrogen (secondary N) is 3. The molecule has 0 saturated heterocycles. The lowest BCUT2D eigenvalue weighted by molar-refractivity contribution is -0.128. The van der Waals surface area contributed by atoms with Gasteiger partial charge in [-0.3, -0.25) is 19.7 Å². The molecule has 0 aliphatic rings. The standard InChI is InChI=1S/C29H36N4O4/c1-2-3-4-6-9-21-12-14-23(15-13-21)25(34)16-17-26(35)32-24(20-22-10-7-5-8-11-22)27(36)28(37)33-29-30-18-19-31-29/h5,7-8,10-15,18-19,24,27,36H,2-4,6,9,16-17,20H2,1H3,(H,32,35)(H2,30,31,33,37)/t24-,27+/m0/s1. The van der Waals surface area contributed by atoms with Crippen LogP contribution in [0.4, 0.5) is 5.95 Å². The van der Waals surface area contributed by atoms with Crippen molar-refractivity contribution < 1.29 is 19.5 Å². The van der Waals surface area contributed by atoms with Gasteiger partial charge in [0.1, 0.15) is 0 Å². The van der Waals surface area contributed by atoms with Crippen LogP contribution >= 0.6 is 0 Å². The number of hydrogen-bond acceptors (Lipinski definition) is 5. The van der Waals surface area contributed by atoms with E-state index in [1.807, 2.05) is 54.6 Å². The van der Waals surface area contributed by atoms with E-state index in [1.54, 1.807) is 6.20 Å². The summed E-state index contributed by atoms with van der Waals surface area (Å²) >= 11 is 0. The summed E-state index contributed by atoms with van der Waals surface area (Å²) < 4.78 is 0. The number of imidazole rings is 1. The van der Waals surface area contributed by atoms with Crippen molar-refractivity contribution in [3.63, 3.8) is 0 Å². The summed E-state index contributed by atoms with van der Waals surface area (Å²) in [6.45, 7) is 2.19. The van der Waals surface area contributed by atoms with Gasteiger partial charge in [-0.15, -0.1) is 0 Å². The highest BCUT2D eigenvalue weighted by Crippen LogP contribution is 2.13. The zero-order valence-electron chi connectivity index (χ0n) is 21.3. The molecule has 8 nitrogen and oxygen atoms in total. The molecule has 8 heteroatoms. The van der Waals surface area contributed by atoms with Gasteiger partial charge in [-0.25, -0.2) is 4.98 Å². The number of aryl methyl sites for hydroxylation is 1. The minimum absolute atomic E-state index is 0.0361. The number of Topliss-reactive ketones (excluding diaryl/α,β-unsaturated/α-hetero) is 1. The van der Waals surface area contributed by atoms with Gasteiger partial charge in [0.2, 0.25) is 11.9 Å². The molecule has 196 valence electrons. The number of aromatic amines is 1. The summed E-state index contributed by atoms with van der Waals surface area (Å²) in [4.78, 5) is 44.6. The molecule has 3 rings (SSSR count). The Morgan fingerprint density at radius 2 is 1.70 bits per heavy atom. The zero-order valence-corrected chi connectivity index (χ0v) is 21.3. The topological polar surface area (TPSA) is 124 Å². The predicted octanol–water partition coefficient (Wildman–Crippen LogP) is 4.22. The van der Waals surface area contributed by atoms with Gasteiger partial charge >= 0.3 is 0 Å². The van der Waals surface area contributed by atoms with Gasteiger partial charge in [0, 0.05) is 30.8 Å². The molecule has 0 aliphatic heterocycles. The summed E-state index contributed by atoms with van der Waals surface area (Å²) in [5.74, 6) is -1.02. The van der Waals surface area contributed by atoms with Gasteiger partial charge in [0.15, 0.2) is 11.9 Å². The number of aliphatic hydroxyl groups excluding tert-OH is 1. The van der Waals surface area contributed by atoms with Crippen LogP contribution in [0, 0.1) is 0 Å². The predicted molar refractivity (Wildman–Crippen MR) is 143 cm³/mol. The van der Waals surface area contributed by atoms with E-state index >= 15 is 0 Å². The molecule has 0 radical (unpaired) electrons. The maximum Gasteiger partial charge on any atom is 0.257 e. The number of nitrogens with zero attached hydrogens (tertiary/aromatic N) is 1. The summed E-state index contributed by atoms with van der Waals surface area (Å²) in [6, 6.07) is 16.0. The molecule has 0 bridgehead atoms. The van der Waals surface area contributed by atoms with Gasteiger partial charge in [-0.1, -0.05) is 80.8 Å². The number of unbranched alkanes of at least 4 members (excludes halogenated alkanes) is 3. The molecule has 1 heterocycles. The van der Waals surface area contributed by atoms with Crippen LogP contribution in [0.2, 0.25) is 0 Å². The molecule has 37 heavy (non-hydrogen) atoms. The maximum atomic E-state index is 12.7. The highest BCUT2D eigenvalue weighted by molar-refractivity contribution is 5.98. The van der Waals surface area contributed by atoms with Gasteiger partial charge < -0.3 is 15.4 Å². The Morgan fingerprint density at radius 3 is 2.38 bits per heavy atom. The lowest BCUT2D eigenvalue weighted by Crippen LogP contribution is -2.50. The van der Waals surface area contributed by atoms with Crippen molar-refractivity contribution in [2.45, 2.75) is 70.4 Å². The van der Waals surface area contributed by atoms with Crippen molar-refractivity contribution in [1.82, 2.24) is 15.3 Å². The smallest absolute Gasteiger partial charge is 0.257 e. The van der Waals surface area contributed by atoms with Crippen molar-refractivity contribution in [1.29, 1.82) is 0 Å². The Balaban J connectivity index is 1.54. The van der Waals surface area contributed by atoms with E-state index in [1.165, 1.54) is 31.0 Å². The molecule has 2 atom stereocenters. The number of amides is 2. The largest absolute Gasteiger partial charge is 0.381 e. The molecule has 1 aromatic heterocycles. The Hall–Kier alpha value is -3.78. The second-order valence-electron chi connectivity index (χ2n) is 9.17. The molecular weight excluding hydrogens is 468 g/mol. The lowest BCUT2D eigenvalue weighted by atomic mass is 9.99. The van der Waals surface area contributed by atoms with E-state index in [9.17, 15) is 19.5 Å². The first-order valence-corrected chi connectivity index (χ1v) is 12.9. The van der Waals surface area contributed by atoms with Crippen LogP contribution in [-0.4, -0.2) is 44.8 Å². The first-order valence-electron chi connectivity index (χ1n) is 12.9. The highest BCUT2D eigenvalue weighted by atomic mass is 16.3. The van der Waals surface area contributed by atoms with Gasteiger partial charge in [0.05, 0.1) is 6.04 Å². The summed E-state index contributed by atoms with van der Waals surface area (Å²) in [5.41, 5.74) is 2.63. The van der Waals surface area contributed by atoms with Gasteiger partial charge in [-0.05, 0) is 30.4 Å². The first kappa shape index (κ1) is 27.8. The van der Waals surface area contributed by atoms with Crippen LogP contribution in [0.25, 0.3) is 0 Å². The second-order valence-corrected chi connectivity index (χ2v) is 9.17.